The normalized spacial score (nSPS) is 36.2. The molecule has 1 saturated carbocycles. The molecule has 1 atom stereocenters. The van der Waals surface area contributed by atoms with Crippen LogP contribution in [0.15, 0.2) is 0 Å². The van der Waals surface area contributed by atoms with Crippen LogP contribution in [0.1, 0.15) is 33.6 Å². The fourth-order valence-corrected chi connectivity index (χ4v) is 1.71. The summed E-state index contributed by atoms with van der Waals surface area (Å²) < 4.78 is 0. The van der Waals surface area contributed by atoms with E-state index in [0.717, 1.165) is 0 Å². The maximum absolute atomic E-state index is 11.1. The van der Waals surface area contributed by atoms with Crippen molar-refractivity contribution in [3.05, 3.63) is 0 Å². The third-order valence-corrected chi connectivity index (χ3v) is 3.21. The summed E-state index contributed by atoms with van der Waals surface area (Å²) in [4.78, 5) is 11.1. The predicted molar refractivity (Wildman–Crippen MR) is 43.2 cm³/mol. The van der Waals surface area contributed by atoms with Gasteiger partial charge in [-0.2, -0.15) is 0 Å². The Hall–Kier alpha value is -0.370. The number of ketones is 1. The van der Waals surface area contributed by atoms with Gasteiger partial charge < -0.3 is 5.11 Å². The molecule has 0 aromatic heterocycles. The third kappa shape index (κ3) is 1.20. The second kappa shape index (κ2) is 2.31. The molecule has 1 aliphatic rings. The molecule has 1 fully saturated rings. The first-order valence-corrected chi connectivity index (χ1v) is 4.04. The van der Waals surface area contributed by atoms with Crippen molar-refractivity contribution >= 4 is 5.78 Å². The Morgan fingerprint density at radius 1 is 1.36 bits per heavy atom. The quantitative estimate of drug-likeness (QED) is 0.622. The fraction of sp³-hybridized carbons (Fsp3) is 0.889. The van der Waals surface area contributed by atoms with Gasteiger partial charge in [-0.05, 0) is 5.41 Å². The van der Waals surface area contributed by atoms with Gasteiger partial charge in [0.15, 0.2) is 0 Å². The van der Waals surface area contributed by atoms with Crippen LogP contribution >= 0.6 is 0 Å². The van der Waals surface area contributed by atoms with E-state index in [0.29, 0.717) is 12.8 Å². The fourth-order valence-electron chi connectivity index (χ4n) is 1.71. The van der Waals surface area contributed by atoms with E-state index < -0.39 is 0 Å². The topological polar surface area (TPSA) is 37.3 Å². The number of rotatable bonds is 1. The highest BCUT2D eigenvalue weighted by Gasteiger charge is 2.48. The van der Waals surface area contributed by atoms with E-state index in [-0.39, 0.29) is 23.2 Å². The summed E-state index contributed by atoms with van der Waals surface area (Å²) in [7, 11) is 0. The molecule has 0 saturated heterocycles. The lowest BCUT2D eigenvalue weighted by Gasteiger charge is -2.35. The van der Waals surface area contributed by atoms with Crippen molar-refractivity contribution in [2.75, 3.05) is 6.61 Å². The van der Waals surface area contributed by atoms with Crippen LogP contribution in [-0.4, -0.2) is 17.5 Å². The van der Waals surface area contributed by atoms with Gasteiger partial charge in [-0.25, -0.2) is 0 Å². The average Bonchev–Trinajstić information content (AvgIpc) is 2.03. The van der Waals surface area contributed by atoms with Crippen molar-refractivity contribution in [1.82, 2.24) is 0 Å². The van der Waals surface area contributed by atoms with Gasteiger partial charge in [0.05, 0.1) is 0 Å². The molecule has 2 heteroatoms. The number of carbonyl (C=O) groups is 1. The summed E-state index contributed by atoms with van der Waals surface area (Å²) in [5, 5.41) is 9.13. The van der Waals surface area contributed by atoms with Crippen LogP contribution in [-0.2, 0) is 4.79 Å². The van der Waals surface area contributed by atoms with E-state index in [1.165, 1.54) is 0 Å². The zero-order valence-corrected chi connectivity index (χ0v) is 7.48. The van der Waals surface area contributed by atoms with E-state index >= 15 is 0 Å². The summed E-state index contributed by atoms with van der Waals surface area (Å²) in [6.07, 6.45) is 1.15. The lowest BCUT2D eigenvalue weighted by atomic mass is 9.70. The largest absolute Gasteiger partial charge is 0.396 e. The molecule has 2 nitrogen and oxygen atoms in total. The molecule has 0 radical (unpaired) electrons. The molecule has 0 aromatic carbocycles. The highest BCUT2D eigenvalue weighted by Crippen LogP contribution is 2.50. The van der Waals surface area contributed by atoms with Crippen molar-refractivity contribution in [3.8, 4) is 0 Å². The smallest absolute Gasteiger partial charge is 0.134 e. The summed E-state index contributed by atoms with van der Waals surface area (Å²) in [5.74, 6) is 0.284. The first kappa shape index (κ1) is 8.72. The van der Waals surface area contributed by atoms with Crippen LogP contribution in [0.4, 0.5) is 0 Å². The molecule has 0 bridgehead atoms. The SMILES string of the molecule is CC1(C)CC(=O)CC1(C)CO. The van der Waals surface area contributed by atoms with Gasteiger partial charge in [-0.15, -0.1) is 0 Å². The van der Waals surface area contributed by atoms with E-state index in [1.54, 1.807) is 0 Å². The number of Topliss-reactive ketones (excluding diaryl/α,β-unsaturated/α-hetero) is 1. The molecule has 0 spiro atoms. The molecule has 0 heterocycles. The summed E-state index contributed by atoms with van der Waals surface area (Å²) in [6.45, 7) is 6.20. The molecule has 64 valence electrons. The minimum absolute atomic E-state index is 0.0289. The maximum Gasteiger partial charge on any atom is 0.134 e. The number of hydrogen-bond donors (Lipinski definition) is 1. The Balaban J connectivity index is 2.89. The van der Waals surface area contributed by atoms with Crippen molar-refractivity contribution < 1.29 is 9.90 Å². The van der Waals surface area contributed by atoms with Crippen LogP contribution in [0.25, 0.3) is 0 Å². The molecule has 1 unspecified atom stereocenters. The minimum atomic E-state index is -0.190. The van der Waals surface area contributed by atoms with E-state index in [1.807, 2.05) is 20.8 Å². The monoisotopic (exact) mass is 156 g/mol. The molecule has 0 aromatic rings. The lowest BCUT2D eigenvalue weighted by molar-refractivity contribution is -0.118. The Morgan fingerprint density at radius 3 is 2.09 bits per heavy atom. The Morgan fingerprint density at radius 2 is 1.91 bits per heavy atom. The molecular weight excluding hydrogens is 140 g/mol. The van der Waals surface area contributed by atoms with Crippen LogP contribution < -0.4 is 0 Å². The van der Waals surface area contributed by atoms with Gasteiger partial charge >= 0.3 is 0 Å². The van der Waals surface area contributed by atoms with E-state index in [9.17, 15) is 4.79 Å². The second-order valence-corrected chi connectivity index (χ2v) is 4.49. The zero-order valence-electron chi connectivity index (χ0n) is 7.48. The third-order valence-electron chi connectivity index (χ3n) is 3.21. The molecule has 0 amide bonds. The molecule has 1 rings (SSSR count). The average molecular weight is 156 g/mol. The summed E-state index contributed by atoms with van der Waals surface area (Å²) in [6, 6.07) is 0. The van der Waals surface area contributed by atoms with Crippen molar-refractivity contribution in [3.63, 3.8) is 0 Å². The van der Waals surface area contributed by atoms with Gasteiger partial charge in [0.1, 0.15) is 5.78 Å². The van der Waals surface area contributed by atoms with Gasteiger partial charge in [0.2, 0.25) is 0 Å². The first-order valence-electron chi connectivity index (χ1n) is 4.04. The minimum Gasteiger partial charge on any atom is -0.396 e. The first-order chi connectivity index (χ1) is 4.91. The molecule has 1 aliphatic carbocycles. The van der Waals surface area contributed by atoms with Crippen molar-refractivity contribution in [1.29, 1.82) is 0 Å². The van der Waals surface area contributed by atoms with Gasteiger partial charge in [-0.3, -0.25) is 4.79 Å². The molecule has 1 N–H and O–H groups in total. The van der Waals surface area contributed by atoms with E-state index in [2.05, 4.69) is 0 Å². The number of carbonyl (C=O) groups excluding carboxylic acids is 1. The van der Waals surface area contributed by atoms with E-state index in [4.69, 9.17) is 5.11 Å². The van der Waals surface area contributed by atoms with Crippen molar-refractivity contribution in [2.45, 2.75) is 33.6 Å². The van der Waals surface area contributed by atoms with Crippen LogP contribution in [0.2, 0.25) is 0 Å². The molecule has 0 aliphatic heterocycles. The van der Waals surface area contributed by atoms with Crippen LogP contribution in [0.5, 0.6) is 0 Å². The number of hydrogen-bond acceptors (Lipinski definition) is 2. The Labute approximate surface area is 67.6 Å². The highest BCUT2D eigenvalue weighted by molar-refractivity contribution is 5.82. The van der Waals surface area contributed by atoms with Crippen molar-refractivity contribution in [2.24, 2.45) is 10.8 Å². The Kier molecular flexibility index (Phi) is 1.83. The second-order valence-electron chi connectivity index (χ2n) is 4.49. The highest BCUT2D eigenvalue weighted by atomic mass is 16.3. The molecular formula is C9H16O2. The molecule has 11 heavy (non-hydrogen) atoms. The lowest BCUT2D eigenvalue weighted by Crippen LogP contribution is -2.32. The standard InChI is InChI=1S/C9H16O2/c1-8(2)4-7(11)5-9(8,3)6-10/h10H,4-6H2,1-3H3. The summed E-state index contributed by atoms with van der Waals surface area (Å²) >= 11 is 0. The van der Waals surface area contributed by atoms with Gasteiger partial charge in [0.25, 0.3) is 0 Å². The Bertz CT molecular complexity index is 184. The summed E-state index contributed by atoms with van der Waals surface area (Å²) in [5.41, 5.74) is -0.219. The van der Waals surface area contributed by atoms with Crippen LogP contribution in [0.3, 0.4) is 0 Å². The maximum atomic E-state index is 11.1. The van der Waals surface area contributed by atoms with Gasteiger partial charge in [-0.1, -0.05) is 20.8 Å². The van der Waals surface area contributed by atoms with Gasteiger partial charge in [0, 0.05) is 24.9 Å². The number of aliphatic hydroxyl groups is 1. The number of aliphatic hydroxyl groups excluding tert-OH is 1. The zero-order chi connectivity index (χ0) is 8.70. The van der Waals surface area contributed by atoms with Crippen LogP contribution in [0, 0.1) is 10.8 Å². The predicted octanol–water partition coefficient (Wildman–Crippen LogP) is 1.37.